The lowest BCUT2D eigenvalue weighted by Crippen LogP contribution is -2.17. The fourth-order valence-electron chi connectivity index (χ4n) is 11.6. The Morgan fingerprint density at radius 2 is 1.11 bits per heavy atom. The molecule has 282 valence electrons. The Hall–Kier alpha value is -5.40. The predicted molar refractivity (Wildman–Crippen MR) is 241 cm³/mol. The molecule has 4 aliphatic carbocycles. The van der Waals surface area contributed by atoms with Crippen molar-refractivity contribution in [1.82, 2.24) is 0 Å². The predicted octanol–water partition coefficient (Wildman–Crippen LogP) is 15.9. The monoisotopic (exact) mass is 739 g/mol. The Kier molecular flexibility index (Phi) is 8.50. The lowest BCUT2D eigenvalue weighted by molar-refractivity contribution is 0.420. The Morgan fingerprint density at radius 3 is 1.86 bits per heavy atom. The summed E-state index contributed by atoms with van der Waals surface area (Å²) < 4.78 is 0. The highest BCUT2D eigenvalue weighted by atomic mass is 15.1. The van der Waals surface area contributed by atoms with Crippen LogP contribution in [0.1, 0.15) is 106 Å². The Labute approximate surface area is 339 Å². The highest BCUT2D eigenvalue weighted by Crippen LogP contribution is 2.54. The van der Waals surface area contributed by atoms with Crippen LogP contribution in [-0.2, 0) is 5.41 Å². The number of anilines is 3. The van der Waals surface area contributed by atoms with Crippen molar-refractivity contribution >= 4 is 27.8 Å². The molecule has 7 aromatic rings. The van der Waals surface area contributed by atoms with E-state index in [9.17, 15) is 0 Å². The minimum atomic E-state index is -0.141. The fourth-order valence-corrected chi connectivity index (χ4v) is 11.6. The van der Waals surface area contributed by atoms with Gasteiger partial charge in [0.15, 0.2) is 0 Å². The molecule has 0 heterocycles. The van der Waals surface area contributed by atoms with Gasteiger partial charge in [-0.2, -0.15) is 0 Å². The largest absolute Gasteiger partial charge is 0.310 e. The van der Waals surface area contributed by atoms with E-state index < -0.39 is 0 Å². The van der Waals surface area contributed by atoms with E-state index in [1.165, 1.54) is 141 Å². The number of benzene rings is 7. The van der Waals surface area contributed by atoms with Crippen LogP contribution in [0.15, 0.2) is 152 Å². The van der Waals surface area contributed by atoms with E-state index in [4.69, 9.17) is 0 Å². The van der Waals surface area contributed by atoms with Gasteiger partial charge in [0.05, 0.1) is 0 Å². The van der Waals surface area contributed by atoms with Crippen LogP contribution in [0, 0.1) is 11.8 Å². The summed E-state index contributed by atoms with van der Waals surface area (Å²) in [4.78, 5) is 2.49. The molecule has 7 aromatic carbocycles. The second kappa shape index (κ2) is 13.9. The van der Waals surface area contributed by atoms with Crippen molar-refractivity contribution < 1.29 is 0 Å². The summed E-state index contributed by atoms with van der Waals surface area (Å²) in [7, 11) is 0. The SMILES string of the molecule is CC1(C)c2cc(-c3ccc4ccccc4c3)ccc2-c2ccc(N(c3ccc(-c4cccc(C5CCCCC5)c4)cc3)c3ccc(C4CC5CCC4C5)cc3)cc21. The lowest BCUT2D eigenvalue weighted by atomic mass is 9.81. The molecule has 57 heavy (non-hydrogen) atoms. The molecule has 4 aliphatic rings. The minimum Gasteiger partial charge on any atom is -0.310 e. The smallest absolute Gasteiger partial charge is 0.0465 e. The van der Waals surface area contributed by atoms with Gasteiger partial charge in [0.2, 0.25) is 0 Å². The molecule has 0 saturated heterocycles. The molecule has 2 bridgehead atoms. The van der Waals surface area contributed by atoms with Gasteiger partial charge in [-0.15, -0.1) is 0 Å². The van der Waals surface area contributed by atoms with Crippen LogP contribution in [0.5, 0.6) is 0 Å². The molecule has 3 saturated carbocycles. The molecular weight excluding hydrogens is 687 g/mol. The van der Waals surface area contributed by atoms with Gasteiger partial charge in [0.1, 0.15) is 0 Å². The van der Waals surface area contributed by atoms with Gasteiger partial charge in [0, 0.05) is 22.5 Å². The maximum atomic E-state index is 2.49. The van der Waals surface area contributed by atoms with Gasteiger partial charge in [-0.25, -0.2) is 0 Å². The Balaban J connectivity index is 0.955. The van der Waals surface area contributed by atoms with Crippen molar-refractivity contribution in [2.45, 2.75) is 88.9 Å². The molecule has 3 fully saturated rings. The molecule has 3 atom stereocenters. The Morgan fingerprint density at radius 1 is 0.456 bits per heavy atom. The number of hydrogen-bond acceptors (Lipinski definition) is 1. The lowest BCUT2D eigenvalue weighted by Gasteiger charge is -2.29. The molecule has 0 N–H and O–H groups in total. The third-order valence-electron chi connectivity index (χ3n) is 14.7. The average molecular weight is 740 g/mol. The van der Waals surface area contributed by atoms with Crippen molar-refractivity contribution in [2.75, 3.05) is 4.90 Å². The molecule has 1 heteroatoms. The number of rotatable bonds is 7. The zero-order valence-corrected chi connectivity index (χ0v) is 33.6. The van der Waals surface area contributed by atoms with Crippen LogP contribution >= 0.6 is 0 Å². The zero-order chi connectivity index (χ0) is 38.1. The van der Waals surface area contributed by atoms with Crippen LogP contribution in [-0.4, -0.2) is 0 Å². The van der Waals surface area contributed by atoms with E-state index in [2.05, 4.69) is 170 Å². The van der Waals surface area contributed by atoms with E-state index >= 15 is 0 Å². The molecule has 0 aromatic heterocycles. The Bertz CT molecular complexity index is 2600. The minimum absolute atomic E-state index is 0.141. The van der Waals surface area contributed by atoms with Crippen LogP contribution in [0.2, 0.25) is 0 Å². The first-order chi connectivity index (χ1) is 28.0. The molecule has 3 unspecified atom stereocenters. The maximum Gasteiger partial charge on any atom is 0.0465 e. The first-order valence-electron chi connectivity index (χ1n) is 21.9. The van der Waals surface area contributed by atoms with E-state index in [-0.39, 0.29) is 5.41 Å². The summed E-state index contributed by atoms with van der Waals surface area (Å²) in [6.07, 6.45) is 12.4. The first-order valence-corrected chi connectivity index (χ1v) is 21.9. The van der Waals surface area contributed by atoms with Crippen LogP contribution in [0.25, 0.3) is 44.2 Å². The number of hydrogen-bond donors (Lipinski definition) is 0. The third-order valence-corrected chi connectivity index (χ3v) is 14.7. The van der Waals surface area contributed by atoms with Gasteiger partial charge < -0.3 is 4.90 Å². The summed E-state index contributed by atoms with van der Waals surface area (Å²) in [6, 6.07) is 58.3. The number of fused-ring (bicyclic) bond motifs is 6. The van der Waals surface area contributed by atoms with Gasteiger partial charge >= 0.3 is 0 Å². The average Bonchev–Trinajstić information content (AvgIpc) is 3.97. The zero-order valence-electron chi connectivity index (χ0n) is 33.6. The van der Waals surface area contributed by atoms with Crippen molar-refractivity contribution in [2.24, 2.45) is 11.8 Å². The van der Waals surface area contributed by atoms with Crippen molar-refractivity contribution in [3.05, 3.63) is 174 Å². The third kappa shape index (κ3) is 6.13. The first kappa shape index (κ1) is 34.8. The quantitative estimate of drug-likeness (QED) is 0.157. The van der Waals surface area contributed by atoms with Crippen molar-refractivity contribution in [1.29, 1.82) is 0 Å². The highest BCUT2D eigenvalue weighted by Gasteiger charge is 2.40. The summed E-state index contributed by atoms with van der Waals surface area (Å²) in [6.45, 7) is 4.83. The van der Waals surface area contributed by atoms with Crippen LogP contribution in [0.3, 0.4) is 0 Å². The maximum absolute atomic E-state index is 2.49. The van der Waals surface area contributed by atoms with Gasteiger partial charge in [-0.3, -0.25) is 0 Å². The second-order valence-corrected chi connectivity index (χ2v) is 18.4. The normalized spacial score (nSPS) is 20.8. The molecular formula is C56H53N. The summed E-state index contributed by atoms with van der Waals surface area (Å²) >= 11 is 0. The van der Waals surface area contributed by atoms with Crippen molar-refractivity contribution in [3.8, 4) is 33.4 Å². The van der Waals surface area contributed by atoms with Crippen LogP contribution in [0.4, 0.5) is 17.1 Å². The molecule has 0 spiro atoms. The second-order valence-electron chi connectivity index (χ2n) is 18.4. The van der Waals surface area contributed by atoms with Gasteiger partial charge in [-0.1, -0.05) is 143 Å². The van der Waals surface area contributed by atoms with E-state index in [1.54, 1.807) is 0 Å². The van der Waals surface area contributed by atoms with E-state index in [0.717, 1.165) is 17.8 Å². The molecule has 0 aliphatic heterocycles. The molecule has 11 rings (SSSR count). The summed E-state index contributed by atoms with van der Waals surface area (Å²) in [5.74, 6) is 3.26. The van der Waals surface area contributed by atoms with Gasteiger partial charge in [0.25, 0.3) is 0 Å². The fraction of sp³-hybridized carbons (Fsp3) is 0.286. The topological polar surface area (TPSA) is 3.24 Å². The molecule has 0 radical (unpaired) electrons. The molecule has 0 amide bonds. The highest BCUT2D eigenvalue weighted by molar-refractivity contribution is 5.90. The van der Waals surface area contributed by atoms with E-state index in [0.29, 0.717) is 5.92 Å². The standard InChI is InChI=1S/C56H53N/c1-56(2)54-35-46(45-18-17-39-11-6-7-12-42(39)34-45)23-29-51(54)52-30-28-50(36-55(52)56)57(49-26-21-41(22-27-49)53-32-37-15-16-47(53)31-37)48-24-19-40(20-25-48)44-14-8-13-43(33-44)38-9-4-3-5-10-38/h6-8,11-14,17-30,33-38,47,53H,3-5,9-10,15-16,31-32H2,1-2H3. The van der Waals surface area contributed by atoms with Crippen molar-refractivity contribution in [3.63, 3.8) is 0 Å². The van der Waals surface area contributed by atoms with E-state index in [1.807, 2.05) is 0 Å². The van der Waals surface area contributed by atoms with Gasteiger partial charge in [-0.05, 0) is 171 Å². The number of nitrogens with zero attached hydrogens (tertiary/aromatic N) is 1. The summed E-state index contributed by atoms with van der Waals surface area (Å²) in [5.41, 5.74) is 17.2. The van der Waals surface area contributed by atoms with Crippen LogP contribution < -0.4 is 4.90 Å². The summed E-state index contributed by atoms with van der Waals surface area (Å²) in [5, 5.41) is 2.57. The molecule has 1 nitrogen and oxygen atoms in total.